The predicted molar refractivity (Wildman–Crippen MR) is 157 cm³/mol. The van der Waals surface area contributed by atoms with Crippen molar-refractivity contribution in [1.82, 2.24) is 0 Å². The molecule has 0 saturated carbocycles. The Kier molecular flexibility index (Phi) is 10.2. The van der Waals surface area contributed by atoms with E-state index in [4.69, 9.17) is 0 Å². The van der Waals surface area contributed by atoms with E-state index in [0.29, 0.717) is 0 Å². The zero-order valence-electron chi connectivity index (χ0n) is 23.0. The fourth-order valence-electron chi connectivity index (χ4n) is 6.00. The highest BCUT2D eigenvalue weighted by Crippen LogP contribution is 2.40. The molecule has 4 heteroatoms. The van der Waals surface area contributed by atoms with Crippen LogP contribution >= 0.6 is 0 Å². The molecule has 0 unspecified atom stereocenters. The summed E-state index contributed by atoms with van der Waals surface area (Å²) in [7, 11) is 0. The minimum Gasteiger partial charge on any atom is -0.477 e. The lowest BCUT2D eigenvalue weighted by Gasteiger charge is -2.28. The maximum atomic E-state index is 11.5. The molecule has 0 spiro atoms. The zero-order valence-corrected chi connectivity index (χ0v) is 23.0. The number of rotatable bonds is 12. The molecular weight excluding hydrogens is 468 g/mol. The van der Waals surface area contributed by atoms with Crippen LogP contribution in [-0.4, -0.2) is 17.6 Å². The number of carboxylic acid groups (broad SMARTS) is 1. The minimum absolute atomic E-state index is 0.179. The van der Waals surface area contributed by atoms with Gasteiger partial charge in [-0.15, -0.1) is 0 Å². The highest BCUT2D eigenvalue weighted by molar-refractivity contribution is 5.92. The maximum Gasteiger partial charge on any atom is 0.346 e. The number of carboxylic acids is 1. The minimum atomic E-state index is -1.15. The van der Waals surface area contributed by atoms with Crippen molar-refractivity contribution in [3.8, 4) is 6.07 Å². The molecule has 2 aliphatic rings. The van der Waals surface area contributed by atoms with Crippen LogP contribution in [0.3, 0.4) is 0 Å². The fraction of sp³-hybridized carbons (Fsp3) is 0.471. The van der Waals surface area contributed by atoms with Crippen molar-refractivity contribution in [3.05, 3.63) is 76.4 Å². The number of nitrogens with zero attached hydrogens (tertiary/aromatic N) is 2. The molecule has 1 aliphatic heterocycles. The molecule has 0 radical (unpaired) electrons. The summed E-state index contributed by atoms with van der Waals surface area (Å²) in [5, 5.41) is 18.7. The summed E-state index contributed by atoms with van der Waals surface area (Å²) in [4.78, 5) is 14.0. The molecular formula is C34H42N2O2. The Bertz CT molecular complexity index is 1220. The SMILES string of the molecule is CCCCCCCCCCN1c2ccccc2CCc2cc(C3=C(/C=C(\C#N)C(=O)O)CCCC3)ccc21. The quantitative estimate of drug-likeness (QED) is 0.176. The number of nitriles is 1. The molecule has 4 nitrogen and oxygen atoms in total. The van der Waals surface area contributed by atoms with Crippen molar-refractivity contribution >= 4 is 22.9 Å². The molecule has 0 saturated heterocycles. The molecule has 4 rings (SSSR count). The Morgan fingerprint density at radius 3 is 2.34 bits per heavy atom. The van der Waals surface area contributed by atoms with E-state index in [1.807, 2.05) is 6.07 Å². The van der Waals surface area contributed by atoms with Gasteiger partial charge in [0.05, 0.1) is 0 Å². The van der Waals surface area contributed by atoms with E-state index in [-0.39, 0.29) is 5.57 Å². The van der Waals surface area contributed by atoms with Crippen LogP contribution in [0.4, 0.5) is 11.4 Å². The van der Waals surface area contributed by atoms with E-state index in [1.54, 1.807) is 6.08 Å². The number of anilines is 2. The van der Waals surface area contributed by atoms with Crippen molar-refractivity contribution < 1.29 is 9.90 Å². The molecule has 0 bridgehead atoms. The Labute approximate surface area is 228 Å². The topological polar surface area (TPSA) is 64.3 Å². The number of para-hydroxylation sites is 1. The third-order valence-corrected chi connectivity index (χ3v) is 8.08. The Hall–Kier alpha value is -3.32. The first kappa shape index (κ1) is 27.7. The first-order chi connectivity index (χ1) is 18.6. The summed E-state index contributed by atoms with van der Waals surface area (Å²) < 4.78 is 0. The molecule has 0 fully saturated rings. The number of fused-ring (bicyclic) bond motifs is 2. The number of allylic oxidation sites excluding steroid dienone is 3. The number of hydrogen-bond acceptors (Lipinski definition) is 3. The van der Waals surface area contributed by atoms with Gasteiger partial charge in [0.15, 0.2) is 0 Å². The van der Waals surface area contributed by atoms with Gasteiger partial charge >= 0.3 is 5.97 Å². The van der Waals surface area contributed by atoms with Crippen LogP contribution in [0.5, 0.6) is 0 Å². The Morgan fingerprint density at radius 2 is 1.58 bits per heavy atom. The van der Waals surface area contributed by atoms with Gasteiger partial charge in [0.2, 0.25) is 0 Å². The molecule has 0 amide bonds. The van der Waals surface area contributed by atoms with Crippen LogP contribution in [-0.2, 0) is 17.6 Å². The normalized spacial score (nSPS) is 15.5. The Balaban J connectivity index is 1.58. The van der Waals surface area contributed by atoms with Gasteiger partial charge < -0.3 is 10.0 Å². The van der Waals surface area contributed by atoms with Crippen LogP contribution in [0.2, 0.25) is 0 Å². The number of hydrogen-bond donors (Lipinski definition) is 1. The van der Waals surface area contributed by atoms with Gasteiger partial charge in [0.25, 0.3) is 0 Å². The first-order valence-corrected chi connectivity index (χ1v) is 14.7. The van der Waals surface area contributed by atoms with E-state index in [0.717, 1.165) is 50.6 Å². The highest BCUT2D eigenvalue weighted by atomic mass is 16.4. The second-order valence-corrected chi connectivity index (χ2v) is 10.8. The third kappa shape index (κ3) is 6.95. The summed E-state index contributed by atoms with van der Waals surface area (Å²) in [5.74, 6) is -1.15. The van der Waals surface area contributed by atoms with Crippen LogP contribution in [0.1, 0.15) is 101 Å². The van der Waals surface area contributed by atoms with Gasteiger partial charge in [0.1, 0.15) is 11.6 Å². The highest BCUT2D eigenvalue weighted by Gasteiger charge is 2.22. The summed E-state index contributed by atoms with van der Waals surface area (Å²) in [5.41, 5.74) is 8.61. The van der Waals surface area contributed by atoms with Crippen LogP contribution < -0.4 is 4.90 Å². The number of aryl methyl sites for hydroxylation is 2. The average Bonchev–Trinajstić information content (AvgIpc) is 3.09. The monoisotopic (exact) mass is 510 g/mol. The lowest BCUT2D eigenvalue weighted by atomic mass is 9.85. The molecule has 0 atom stereocenters. The van der Waals surface area contributed by atoms with Crippen LogP contribution in [0.15, 0.2) is 59.7 Å². The van der Waals surface area contributed by atoms with Gasteiger partial charge in [-0.1, -0.05) is 76.1 Å². The number of unbranched alkanes of at least 4 members (excludes halogenated alkanes) is 7. The predicted octanol–water partition coefficient (Wildman–Crippen LogP) is 8.93. The van der Waals surface area contributed by atoms with E-state index < -0.39 is 5.97 Å². The summed E-state index contributed by atoms with van der Waals surface area (Å²) in [6.45, 7) is 3.30. The molecule has 0 aromatic heterocycles. The zero-order chi connectivity index (χ0) is 26.7. The first-order valence-electron chi connectivity index (χ1n) is 14.7. The Morgan fingerprint density at radius 1 is 0.895 bits per heavy atom. The van der Waals surface area contributed by atoms with Gasteiger partial charge in [-0.3, -0.25) is 0 Å². The van der Waals surface area contributed by atoms with E-state index in [9.17, 15) is 15.2 Å². The molecule has 1 N–H and O–H groups in total. The average molecular weight is 511 g/mol. The van der Waals surface area contributed by atoms with Gasteiger partial charge in [0, 0.05) is 17.9 Å². The lowest BCUT2D eigenvalue weighted by Crippen LogP contribution is -2.20. The molecule has 1 heterocycles. The summed E-state index contributed by atoms with van der Waals surface area (Å²) in [6, 6.07) is 17.5. The number of carbonyl (C=O) groups is 1. The van der Waals surface area contributed by atoms with Crippen LogP contribution in [0, 0.1) is 11.3 Å². The maximum absolute atomic E-state index is 11.5. The van der Waals surface area contributed by atoms with Gasteiger partial charge in [-0.2, -0.15) is 5.26 Å². The van der Waals surface area contributed by atoms with Crippen molar-refractivity contribution in [2.45, 2.75) is 96.8 Å². The van der Waals surface area contributed by atoms with Crippen molar-refractivity contribution in [2.24, 2.45) is 0 Å². The fourth-order valence-corrected chi connectivity index (χ4v) is 6.00. The van der Waals surface area contributed by atoms with E-state index in [1.165, 1.54) is 85.0 Å². The largest absolute Gasteiger partial charge is 0.477 e. The van der Waals surface area contributed by atoms with Crippen molar-refractivity contribution in [1.29, 1.82) is 5.26 Å². The van der Waals surface area contributed by atoms with Gasteiger partial charge in [-0.05, 0) is 97.1 Å². The van der Waals surface area contributed by atoms with Crippen molar-refractivity contribution in [3.63, 3.8) is 0 Å². The standard InChI is InChI=1S/C34H42N2O2/c1-2-3-4-5-6-7-8-13-22-36-32-17-12-10-14-26(32)18-19-29-23-28(20-21-33(29)36)31-16-11-9-15-27(31)24-30(25-35)34(37)38/h10,12,14,17,20-21,23-24H,2-9,11,13,15-16,18-19,22H2,1H3,(H,37,38)/b30-24+. The van der Waals surface area contributed by atoms with Gasteiger partial charge in [-0.25, -0.2) is 4.79 Å². The molecule has 2 aromatic carbocycles. The van der Waals surface area contributed by atoms with E-state index >= 15 is 0 Å². The molecule has 200 valence electrons. The summed E-state index contributed by atoms with van der Waals surface area (Å²) >= 11 is 0. The molecule has 38 heavy (non-hydrogen) atoms. The second kappa shape index (κ2) is 14.0. The van der Waals surface area contributed by atoms with Crippen molar-refractivity contribution in [2.75, 3.05) is 11.4 Å². The lowest BCUT2D eigenvalue weighted by molar-refractivity contribution is -0.132. The molecule has 2 aromatic rings. The second-order valence-electron chi connectivity index (χ2n) is 10.8. The van der Waals surface area contributed by atoms with E-state index in [2.05, 4.69) is 54.3 Å². The smallest absolute Gasteiger partial charge is 0.346 e. The molecule has 1 aliphatic carbocycles. The number of aliphatic carboxylic acids is 1. The van der Waals surface area contributed by atoms with Crippen LogP contribution in [0.25, 0.3) is 5.57 Å². The summed E-state index contributed by atoms with van der Waals surface area (Å²) in [6.07, 6.45) is 18.0. The number of benzene rings is 2. The third-order valence-electron chi connectivity index (χ3n) is 8.08.